The monoisotopic (exact) mass is 279 g/mol. The fourth-order valence-electron chi connectivity index (χ4n) is 2.76. The lowest BCUT2D eigenvalue weighted by Crippen LogP contribution is -2.23. The van der Waals surface area contributed by atoms with Crippen LogP contribution in [-0.2, 0) is 7.05 Å². The molecular weight excluding hydrogens is 258 g/mol. The predicted octanol–water partition coefficient (Wildman–Crippen LogP) is 3.66. The number of nitrogens with one attached hydrogen (secondary N) is 1. The molecule has 0 aliphatic rings. The van der Waals surface area contributed by atoms with Crippen molar-refractivity contribution in [3.8, 4) is 0 Å². The lowest BCUT2D eigenvalue weighted by Gasteiger charge is -2.17. The molecule has 1 heterocycles. The van der Waals surface area contributed by atoms with Crippen LogP contribution in [0.4, 0.5) is 0 Å². The van der Waals surface area contributed by atoms with Crippen LogP contribution >= 0.6 is 0 Å². The summed E-state index contributed by atoms with van der Waals surface area (Å²) in [5.41, 5.74) is 3.54. The smallest absolute Gasteiger partial charge is 0.0917 e. The first kappa shape index (κ1) is 13.8. The van der Waals surface area contributed by atoms with E-state index in [4.69, 9.17) is 5.10 Å². The Bertz CT molecular complexity index is 716. The Morgan fingerprint density at radius 3 is 2.52 bits per heavy atom. The Morgan fingerprint density at radius 2 is 1.76 bits per heavy atom. The van der Waals surface area contributed by atoms with Gasteiger partial charge in [0, 0.05) is 12.4 Å². The molecule has 0 aliphatic carbocycles. The maximum atomic E-state index is 4.77. The van der Waals surface area contributed by atoms with Crippen molar-refractivity contribution >= 4 is 10.9 Å². The van der Waals surface area contributed by atoms with Gasteiger partial charge in [-0.25, -0.2) is 0 Å². The van der Waals surface area contributed by atoms with E-state index in [0.29, 0.717) is 0 Å². The predicted molar refractivity (Wildman–Crippen MR) is 87.3 cm³/mol. The minimum Gasteiger partial charge on any atom is -0.305 e. The first-order valence-corrected chi connectivity index (χ1v) is 7.51. The highest BCUT2D eigenvalue weighted by molar-refractivity contribution is 5.82. The van der Waals surface area contributed by atoms with Crippen molar-refractivity contribution in [1.29, 1.82) is 0 Å². The molecule has 1 unspecified atom stereocenters. The van der Waals surface area contributed by atoms with E-state index in [1.165, 1.54) is 16.5 Å². The normalized spacial score (nSPS) is 12.7. The standard InChI is InChI=1S/C18H21N3/c1-3-13-19-17(14-9-5-4-6-10-14)18-15-11-7-8-12-16(15)21(2)20-18/h4-12,17,19H,3,13H2,1-2H3. The van der Waals surface area contributed by atoms with Gasteiger partial charge in [0.05, 0.1) is 17.3 Å². The quantitative estimate of drug-likeness (QED) is 0.772. The summed E-state index contributed by atoms with van der Waals surface area (Å²) in [6.45, 7) is 3.16. The van der Waals surface area contributed by atoms with Crippen LogP contribution in [-0.4, -0.2) is 16.3 Å². The Hall–Kier alpha value is -2.13. The summed E-state index contributed by atoms with van der Waals surface area (Å²) < 4.78 is 1.97. The summed E-state index contributed by atoms with van der Waals surface area (Å²) in [5.74, 6) is 0. The summed E-state index contributed by atoms with van der Waals surface area (Å²) in [5, 5.41) is 9.63. The fraction of sp³-hybridized carbons (Fsp3) is 0.278. The maximum absolute atomic E-state index is 4.77. The largest absolute Gasteiger partial charge is 0.305 e. The van der Waals surface area contributed by atoms with Gasteiger partial charge in [0.15, 0.2) is 0 Å². The number of aromatic nitrogens is 2. The van der Waals surface area contributed by atoms with Crippen LogP contribution < -0.4 is 5.32 Å². The van der Waals surface area contributed by atoms with Crippen LogP contribution in [0.15, 0.2) is 54.6 Å². The van der Waals surface area contributed by atoms with Crippen molar-refractivity contribution in [2.45, 2.75) is 19.4 Å². The molecule has 0 saturated heterocycles. The zero-order valence-corrected chi connectivity index (χ0v) is 12.6. The second-order valence-corrected chi connectivity index (χ2v) is 5.32. The molecule has 0 spiro atoms. The van der Waals surface area contributed by atoms with Crippen molar-refractivity contribution in [3.05, 3.63) is 65.9 Å². The summed E-state index contributed by atoms with van der Waals surface area (Å²) in [6.07, 6.45) is 1.11. The molecule has 3 heteroatoms. The van der Waals surface area contributed by atoms with Gasteiger partial charge in [-0.15, -0.1) is 0 Å². The number of nitrogens with zero attached hydrogens (tertiary/aromatic N) is 2. The first-order valence-electron chi connectivity index (χ1n) is 7.51. The third kappa shape index (κ3) is 2.69. The van der Waals surface area contributed by atoms with Crippen LogP contribution in [0.3, 0.4) is 0 Å². The second kappa shape index (κ2) is 6.10. The van der Waals surface area contributed by atoms with Gasteiger partial charge >= 0.3 is 0 Å². The molecule has 0 fully saturated rings. The number of benzene rings is 2. The molecule has 1 N–H and O–H groups in total. The lowest BCUT2D eigenvalue weighted by atomic mass is 10.0. The van der Waals surface area contributed by atoms with E-state index in [1.54, 1.807) is 0 Å². The number of hydrogen-bond donors (Lipinski definition) is 1. The van der Waals surface area contributed by atoms with E-state index < -0.39 is 0 Å². The molecule has 0 aliphatic heterocycles. The summed E-state index contributed by atoms with van der Waals surface area (Å²) >= 11 is 0. The first-order chi connectivity index (χ1) is 10.3. The third-order valence-corrected chi connectivity index (χ3v) is 3.79. The molecule has 108 valence electrons. The third-order valence-electron chi connectivity index (χ3n) is 3.79. The highest BCUT2D eigenvalue weighted by Crippen LogP contribution is 2.27. The van der Waals surface area contributed by atoms with Gasteiger partial charge in [0.1, 0.15) is 0 Å². The van der Waals surface area contributed by atoms with Crippen LogP contribution in [0.25, 0.3) is 10.9 Å². The van der Waals surface area contributed by atoms with Crippen LogP contribution in [0.5, 0.6) is 0 Å². The zero-order chi connectivity index (χ0) is 14.7. The van der Waals surface area contributed by atoms with E-state index >= 15 is 0 Å². The van der Waals surface area contributed by atoms with Crippen LogP contribution in [0.1, 0.15) is 30.6 Å². The van der Waals surface area contributed by atoms with E-state index in [-0.39, 0.29) is 6.04 Å². The van der Waals surface area contributed by atoms with E-state index in [2.05, 4.69) is 66.8 Å². The van der Waals surface area contributed by atoms with Gasteiger partial charge in [-0.3, -0.25) is 4.68 Å². The molecule has 0 saturated carbocycles. The van der Waals surface area contributed by atoms with Crippen LogP contribution in [0.2, 0.25) is 0 Å². The van der Waals surface area contributed by atoms with Crippen molar-refractivity contribution in [2.75, 3.05) is 6.54 Å². The SMILES string of the molecule is CCCNC(c1ccccc1)c1nn(C)c2ccccc12. The molecule has 3 aromatic rings. The van der Waals surface area contributed by atoms with Crippen molar-refractivity contribution in [2.24, 2.45) is 7.05 Å². The molecule has 3 rings (SSSR count). The second-order valence-electron chi connectivity index (χ2n) is 5.32. The highest BCUT2D eigenvalue weighted by atomic mass is 15.3. The van der Waals surface area contributed by atoms with Gasteiger partial charge in [-0.05, 0) is 24.6 Å². The fourth-order valence-corrected chi connectivity index (χ4v) is 2.76. The number of fused-ring (bicyclic) bond motifs is 1. The maximum Gasteiger partial charge on any atom is 0.0917 e. The Balaban J connectivity index is 2.10. The summed E-state index contributed by atoms with van der Waals surface area (Å²) in [6, 6.07) is 19.1. The molecule has 0 amide bonds. The molecule has 3 nitrogen and oxygen atoms in total. The van der Waals surface area contributed by atoms with Crippen molar-refractivity contribution in [3.63, 3.8) is 0 Å². The molecule has 2 aromatic carbocycles. The van der Waals surface area contributed by atoms with Gasteiger partial charge in [0.2, 0.25) is 0 Å². The Morgan fingerprint density at radius 1 is 1.05 bits per heavy atom. The molecule has 1 aromatic heterocycles. The van der Waals surface area contributed by atoms with E-state index in [1.807, 2.05) is 11.7 Å². The highest BCUT2D eigenvalue weighted by Gasteiger charge is 2.19. The lowest BCUT2D eigenvalue weighted by molar-refractivity contribution is 0.579. The number of rotatable bonds is 5. The van der Waals surface area contributed by atoms with Crippen molar-refractivity contribution in [1.82, 2.24) is 15.1 Å². The van der Waals surface area contributed by atoms with Gasteiger partial charge < -0.3 is 5.32 Å². The average Bonchev–Trinajstić information content (AvgIpc) is 2.87. The number of aryl methyl sites for hydroxylation is 1. The summed E-state index contributed by atoms with van der Waals surface area (Å²) in [4.78, 5) is 0. The minimum atomic E-state index is 0.136. The topological polar surface area (TPSA) is 29.9 Å². The molecule has 1 atom stereocenters. The average molecular weight is 279 g/mol. The summed E-state index contributed by atoms with van der Waals surface area (Å²) in [7, 11) is 2.01. The van der Waals surface area contributed by atoms with Gasteiger partial charge in [-0.1, -0.05) is 55.5 Å². The zero-order valence-electron chi connectivity index (χ0n) is 12.6. The van der Waals surface area contributed by atoms with E-state index in [9.17, 15) is 0 Å². The van der Waals surface area contributed by atoms with E-state index in [0.717, 1.165) is 18.7 Å². The van der Waals surface area contributed by atoms with Crippen molar-refractivity contribution < 1.29 is 0 Å². The molecule has 21 heavy (non-hydrogen) atoms. The van der Waals surface area contributed by atoms with Gasteiger partial charge in [0.25, 0.3) is 0 Å². The van der Waals surface area contributed by atoms with Crippen LogP contribution in [0, 0.1) is 0 Å². The molecule has 0 bridgehead atoms. The number of para-hydroxylation sites is 1. The molecular formula is C18H21N3. The molecule has 0 radical (unpaired) electrons. The Kier molecular flexibility index (Phi) is 4.02. The Labute approximate surface area is 125 Å². The number of hydrogen-bond acceptors (Lipinski definition) is 2. The van der Waals surface area contributed by atoms with Gasteiger partial charge in [-0.2, -0.15) is 5.10 Å². The minimum absolute atomic E-state index is 0.136.